The molecule has 0 atom stereocenters. The van der Waals surface area contributed by atoms with E-state index in [9.17, 15) is 0 Å². The largest absolute Gasteiger partial charge is 0.460 e. The molecule has 0 amide bonds. The average Bonchev–Trinajstić information content (AvgIpc) is 2.90. The van der Waals surface area contributed by atoms with E-state index in [1.165, 1.54) is 22.3 Å². The van der Waals surface area contributed by atoms with Crippen LogP contribution in [0, 0.1) is 6.26 Å². The normalized spacial score (nSPS) is 11.8. The lowest BCUT2D eigenvalue weighted by Crippen LogP contribution is -2.03. The molecule has 1 heteroatoms. The van der Waals surface area contributed by atoms with Crippen LogP contribution < -0.4 is 0 Å². The van der Waals surface area contributed by atoms with Crippen molar-refractivity contribution in [3.05, 3.63) is 47.4 Å². The maximum atomic E-state index is 5.19. The van der Waals surface area contributed by atoms with Gasteiger partial charge in [-0.05, 0) is 46.1 Å². The summed E-state index contributed by atoms with van der Waals surface area (Å²) in [4.78, 5) is 0. The standard InChI is InChI=1S/C19H25O/c1-12(2)16-9-17(13(3)4)19(15-7-8-20-11-15)18(10-16)14(5)6/h7-10,12-14H,1-6H3. The molecular weight excluding hydrogens is 244 g/mol. The first-order valence-electron chi connectivity index (χ1n) is 7.55. The van der Waals surface area contributed by atoms with Crippen molar-refractivity contribution < 1.29 is 4.42 Å². The quantitative estimate of drug-likeness (QED) is 0.652. The molecule has 2 rings (SSSR count). The molecule has 20 heavy (non-hydrogen) atoms. The van der Waals surface area contributed by atoms with Gasteiger partial charge in [-0.2, -0.15) is 0 Å². The first-order chi connectivity index (χ1) is 9.41. The van der Waals surface area contributed by atoms with Crippen molar-refractivity contribution in [1.82, 2.24) is 0 Å². The van der Waals surface area contributed by atoms with Gasteiger partial charge in [0.15, 0.2) is 6.26 Å². The van der Waals surface area contributed by atoms with Crippen LogP contribution in [0.2, 0.25) is 0 Å². The topological polar surface area (TPSA) is 13.1 Å². The van der Waals surface area contributed by atoms with E-state index in [0.29, 0.717) is 17.8 Å². The van der Waals surface area contributed by atoms with Gasteiger partial charge in [-0.25, -0.2) is 0 Å². The van der Waals surface area contributed by atoms with Gasteiger partial charge < -0.3 is 4.42 Å². The van der Waals surface area contributed by atoms with Crippen molar-refractivity contribution in [1.29, 1.82) is 0 Å². The fourth-order valence-electron chi connectivity index (χ4n) is 2.63. The molecule has 0 unspecified atom stereocenters. The Morgan fingerprint density at radius 2 is 1.40 bits per heavy atom. The summed E-state index contributed by atoms with van der Waals surface area (Å²) in [6.45, 7) is 13.5. The van der Waals surface area contributed by atoms with Gasteiger partial charge in [-0.3, -0.25) is 0 Å². The Labute approximate surface area is 123 Å². The summed E-state index contributed by atoms with van der Waals surface area (Å²) >= 11 is 0. The minimum absolute atomic E-state index is 0.490. The molecule has 0 saturated heterocycles. The van der Waals surface area contributed by atoms with Crippen molar-refractivity contribution in [3.63, 3.8) is 0 Å². The molecule has 0 aliphatic rings. The SMILES string of the molecule is CC(C)c1cc(C(C)C)c(-c2[c]occ2)c(C(C)C)c1. The molecule has 0 N–H and O–H groups in total. The third kappa shape index (κ3) is 2.82. The molecule has 0 bridgehead atoms. The molecule has 107 valence electrons. The van der Waals surface area contributed by atoms with E-state index < -0.39 is 0 Å². The molecular formula is C19H25O. The molecule has 0 fully saturated rings. The van der Waals surface area contributed by atoms with Crippen LogP contribution in [-0.2, 0) is 0 Å². The second-order valence-electron chi connectivity index (χ2n) is 6.47. The van der Waals surface area contributed by atoms with Gasteiger partial charge in [-0.1, -0.05) is 53.7 Å². The summed E-state index contributed by atoms with van der Waals surface area (Å²) in [6.07, 6.45) is 4.73. The smallest absolute Gasteiger partial charge is 0.177 e. The molecule has 1 aromatic heterocycles. The summed E-state index contributed by atoms with van der Waals surface area (Å²) in [5, 5.41) is 0. The fourth-order valence-corrected chi connectivity index (χ4v) is 2.63. The van der Waals surface area contributed by atoms with E-state index in [1.54, 1.807) is 6.26 Å². The van der Waals surface area contributed by atoms with Gasteiger partial charge in [0.1, 0.15) is 0 Å². The molecule has 0 spiro atoms. The van der Waals surface area contributed by atoms with Crippen LogP contribution >= 0.6 is 0 Å². The molecule has 1 heterocycles. The van der Waals surface area contributed by atoms with Crippen LogP contribution in [0.25, 0.3) is 11.1 Å². The maximum Gasteiger partial charge on any atom is 0.177 e. The Kier molecular flexibility index (Phi) is 4.37. The van der Waals surface area contributed by atoms with E-state index in [4.69, 9.17) is 4.42 Å². The summed E-state index contributed by atoms with van der Waals surface area (Å²) in [5.41, 5.74) is 6.61. The third-order valence-electron chi connectivity index (χ3n) is 3.87. The maximum absolute atomic E-state index is 5.19. The zero-order chi connectivity index (χ0) is 14.9. The monoisotopic (exact) mass is 269 g/mol. The zero-order valence-electron chi connectivity index (χ0n) is 13.4. The lowest BCUT2D eigenvalue weighted by Gasteiger charge is -2.22. The van der Waals surface area contributed by atoms with Crippen molar-refractivity contribution in [2.75, 3.05) is 0 Å². The predicted molar refractivity (Wildman–Crippen MR) is 85.2 cm³/mol. The fraction of sp³-hybridized carbons (Fsp3) is 0.474. The summed E-state index contributed by atoms with van der Waals surface area (Å²) in [5.74, 6) is 1.53. The first kappa shape index (κ1) is 14.9. The van der Waals surface area contributed by atoms with Crippen LogP contribution in [0.1, 0.15) is 76.0 Å². The molecule has 0 aliphatic heterocycles. The van der Waals surface area contributed by atoms with E-state index in [1.807, 2.05) is 6.07 Å². The van der Waals surface area contributed by atoms with E-state index in [0.717, 1.165) is 5.56 Å². The van der Waals surface area contributed by atoms with Crippen LogP contribution in [0.15, 0.2) is 28.9 Å². The van der Waals surface area contributed by atoms with Gasteiger partial charge in [0, 0.05) is 5.56 Å². The highest BCUT2D eigenvalue weighted by Crippen LogP contribution is 2.38. The summed E-state index contributed by atoms with van der Waals surface area (Å²) in [7, 11) is 0. The zero-order valence-corrected chi connectivity index (χ0v) is 13.4. The van der Waals surface area contributed by atoms with E-state index in [2.05, 4.69) is 59.9 Å². The molecule has 0 aliphatic carbocycles. The minimum atomic E-state index is 0.490. The molecule has 0 saturated carbocycles. The molecule has 2 aromatic rings. The van der Waals surface area contributed by atoms with Crippen molar-refractivity contribution in [3.8, 4) is 11.1 Å². The average molecular weight is 269 g/mol. The Bertz CT molecular complexity index is 530. The predicted octanol–water partition coefficient (Wildman–Crippen LogP) is 6.12. The number of benzene rings is 1. The van der Waals surface area contributed by atoms with Gasteiger partial charge in [0.05, 0.1) is 6.26 Å². The second kappa shape index (κ2) is 5.87. The Morgan fingerprint density at radius 3 is 1.75 bits per heavy atom. The van der Waals surface area contributed by atoms with Crippen molar-refractivity contribution in [2.45, 2.75) is 59.3 Å². The molecule has 1 nitrogen and oxygen atoms in total. The highest BCUT2D eigenvalue weighted by Gasteiger charge is 2.19. The van der Waals surface area contributed by atoms with Crippen molar-refractivity contribution in [2.24, 2.45) is 0 Å². The number of hydrogen-bond acceptors (Lipinski definition) is 1. The highest BCUT2D eigenvalue weighted by atomic mass is 16.3. The third-order valence-corrected chi connectivity index (χ3v) is 3.87. The van der Waals surface area contributed by atoms with E-state index >= 15 is 0 Å². The van der Waals surface area contributed by atoms with E-state index in [-0.39, 0.29) is 0 Å². The minimum Gasteiger partial charge on any atom is -0.460 e. The lowest BCUT2D eigenvalue weighted by atomic mass is 9.82. The number of hydrogen-bond donors (Lipinski definition) is 0. The van der Waals surface area contributed by atoms with Gasteiger partial charge in [0.25, 0.3) is 0 Å². The van der Waals surface area contributed by atoms with Gasteiger partial charge in [0.2, 0.25) is 0 Å². The Hall–Kier alpha value is -1.50. The van der Waals surface area contributed by atoms with Crippen LogP contribution in [-0.4, -0.2) is 0 Å². The number of furan rings is 1. The number of rotatable bonds is 4. The van der Waals surface area contributed by atoms with Gasteiger partial charge >= 0.3 is 0 Å². The Morgan fingerprint density at radius 1 is 0.850 bits per heavy atom. The van der Waals surface area contributed by atoms with Crippen LogP contribution in [0.4, 0.5) is 0 Å². The summed E-state index contributed by atoms with van der Waals surface area (Å²) in [6, 6.07) is 6.73. The van der Waals surface area contributed by atoms with Crippen LogP contribution in [0.3, 0.4) is 0 Å². The van der Waals surface area contributed by atoms with Crippen molar-refractivity contribution >= 4 is 0 Å². The summed E-state index contributed by atoms with van der Waals surface area (Å²) < 4.78 is 5.19. The highest BCUT2D eigenvalue weighted by molar-refractivity contribution is 5.72. The lowest BCUT2D eigenvalue weighted by molar-refractivity contribution is 0.559. The van der Waals surface area contributed by atoms with Crippen LogP contribution in [0.5, 0.6) is 0 Å². The Balaban J connectivity index is 2.75. The van der Waals surface area contributed by atoms with Gasteiger partial charge in [-0.15, -0.1) is 0 Å². The second-order valence-corrected chi connectivity index (χ2v) is 6.47. The molecule has 1 aromatic carbocycles. The first-order valence-corrected chi connectivity index (χ1v) is 7.55. The molecule has 1 radical (unpaired) electrons.